The molecule has 3 rings (SSSR count). The molecule has 0 bridgehead atoms. The number of fused-ring (bicyclic) bond motifs is 1. The molecule has 2 amide bonds. The molecule has 2 aromatic carbocycles. The summed E-state index contributed by atoms with van der Waals surface area (Å²) in [6, 6.07) is 12.5. The van der Waals surface area contributed by atoms with Crippen LogP contribution >= 0.6 is 23.2 Å². The van der Waals surface area contributed by atoms with Gasteiger partial charge in [0.2, 0.25) is 5.91 Å². The third-order valence-electron chi connectivity index (χ3n) is 3.99. The molecule has 0 radical (unpaired) electrons. The number of aryl methyl sites for hydroxylation is 1. The maximum atomic E-state index is 12.5. The summed E-state index contributed by atoms with van der Waals surface area (Å²) in [6.07, 6.45) is 1.88. The summed E-state index contributed by atoms with van der Waals surface area (Å²) < 4.78 is 0. The van der Waals surface area contributed by atoms with E-state index in [1.54, 1.807) is 17.0 Å². The van der Waals surface area contributed by atoms with Gasteiger partial charge in [-0.1, -0.05) is 41.4 Å². The lowest BCUT2D eigenvalue weighted by Gasteiger charge is -2.29. The van der Waals surface area contributed by atoms with Crippen LogP contribution in [-0.4, -0.2) is 24.9 Å². The van der Waals surface area contributed by atoms with E-state index in [1.807, 2.05) is 24.3 Å². The summed E-state index contributed by atoms with van der Waals surface area (Å²) in [5.41, 5.74) is 2.38. The molecule has 2 aromatic rings. The fraction of sp³-hybridized carbons (Fsp3) is 0.222. The molecule has 124 valence electrons. The topological polar surface area (TPSA) is 49.4 Å². The fourth-order valence-corrected chi connectivity index (χ4v) is 3.31. The Bertz CT molecular complexity index is 792. The molecular weight excluding hydrogens is 347 g/mol. The smallest absolute Gasteiger partial charge is 0.253 e. The van der Waals surface area contributed by atoms with E-state index in [0.717, 1.165) is 24.1 Å². The first-order chi connectivity index (χ1) is 11.6. The van der Waals surface area contributed by atoms with Gasteiger partial charge < -0.3 is 10.2 Å². The maximum absolute atomic E-state index is 12.5. The molecule has 0 unspecified atom stereocenters. The second kappa shape index (κ2) is 7.24. The fourth-order valence-electron chi connectivity index (χ4n) is 2.81. The molecule has 1 N–H and O–H groups in total. The number of benzene rings is 2. The van der Waals surface area contributed by atoms with Gasteiger partial charge in [-0.25, -0.2) is 0 Å². The lowest BCUT2D eigenvalue weighted by atomic mass is 10.0. The van der Waals surface area contributed by atoms with Crippen LogP contribution in [0.1, 0.15) is 22.3 Å². The predicted molar refractivity (Wildman–Crippen MR) is 95.9 cm³/mol. The zero-order valence-corrected chi connectivity index (χ0v) is 14.4. The first kappa shape index (κ1) is 16.8. The summed E-state index contributed by atoms with van der Waals surface area (Å²) in [7, 11) is 0. The third-order valence-corrected chi connectivity index (χ3v) is 4.54. The van der Waals surface area contributed by atoms with Gasteiger partial charge >= 0.3 is 0 Å². The molecule has 1 aliphatic rings. The predicted octanol–water partition coefficient (Wildman–Crippen LogP) is 3.70. The molecule has 0 aromatic heterocycles. The minimum Gasteiger partial charge on any atom is -0.343 e. The Labute approximate surface area is 150 Å². The van der Waals surface area contributed by atoms with Gasteiger partial charge in [0.1, 0.15) is 0 Å². The molecule has 0 saturated heterocycles. The highest BCUT2D eigenvalue weighted by atomic mass is 35.5. The monoisotopic (exact) mass is 362 g/mol. The summed E-state index contributed by atoms with van der Waals surface area (Å²) in [5.74, 6) is -0.532. The van der Waals surface area contributed by atoms with Crippen LogP contribution in [0.25, 0.3) is 0 Å². The van der Waals surface area contributed by atoms with E-state index in [0.29, 0.717) is 17.1 Å². The molecule has 0 aliphatic carbocycles. The molecule has 6 heteroatoms. The van der Waals surface area contributed by atoms with E-state index in [9.17, 15) is 9.59 Å². The average molecular weight is 363 g/mol. The van der Waals surface area contributed by atoms with Crippen molar-refractivity contribution in [2.75, 3.05) is 18.0 Å². The van der Waals surface area contributed by atoms with E-state index in [2.05, 4.69) is 5.32 Å². The van der Waals surface area contributed by atoms with Gasteiger partial charge in [0.25, 0.3) is 5.91 Å². The lowest BCUT2D eigenvalue weighted by molar-refractivity contribution is -0.117. The van der Waals surface area contributed by atoms with Crippen molar-refractivity contribution in [3.05, 3.63) is 63.6 Å². The van der Waals surface area contributed by atoms with E-state index in [-0.39, 0.29) is 17.5 Å². The SMILES string of the molecule is O=C(NCC(=O)N1CCCc2ccccc21)c1ccc(Cl)cc1Cl. The van der Waals surface area contributed by atoms with Crippen LogP contribution in [0.4, 0.5) is 5.69 Å². The zero-order valence-electron chi connectivity index (χ0n) is 12.9. The molecule has 1 aliphatic heterocycles. The summed E-state index contributed by atoms with van der Waals surface area (Å²) in [4.78, 5) is 26.4. The molecule has 0 saturated carbocycles. The highest BCUT2D eigenvalue weighted by Gasteiger charge is 2.22. The molecule has 1 heterocycles. The Hall–Kier alpha value is -2.04. The molecule has 4 nitrogen and oxygen atoms in total. The lowest BCUT2D eigenvalue weighted by Crippen LogP contribution is -2.42. The van der Waals surface area contributed by atoms with Crippen LogP contribution in [0.2, 0.25) is 10.0 Å². The van der Waals surface area contributed by atoms with Crippen LogP contribution in [0.5, 0.6) is 0 Å². The molecule has 24 heavy (non-hydrogen) atoms. The van der Waals surface area contributed by atoms with Crippen LogP contribution < -0.4 is 10.2 Å². The normalized spacial score (nSPS) is 13.3. The first-order valence-corrected chi connectivity index (χ1v) is 8.43. The number of amides is 2. The third kappa shape index (κ3) is 3.55. The number of rotatable bonds is 3. The van der Waals surface area contributed by atoms with Crippen molar-refractivity contribution in [3.63, 3.8) is 0 Å². The second-order valence-electron chi connectivity index (χ2n) is 5.58. The van der Waals surface area contributed by atoms with E-state index < -0.39 is 5.91 Å². The first-order valence-electron chi connectivity index (χ1n) is 7.68. The van der Waals surface area contributed by atoms with Gasteiger partial charge in [0.05, 0.1) is 17.1 Å². The Balaban J connectivity index is 1.67. The number of anilines is 1. The molecule has 0 fully saturated rings. The van der Waals surface area contributed by atoms with E-state index >= 15 is 0 Å². The van der Waals surface area contributed by atoms with Crippen molar-refractivity contribution < 1.29 is 9.59 Å². The molecule has 0 atom stereocenters. The van der Waals surface area contributed by atoms with E-state index in [1.165, 1.54) is 6.07 Å². The van der Waals surface area contributed by atoms with Gasteiger partial charge in [-0.05, 0) is 42.7 Å². The molecular formula is C18H16Cl2N2O2. The van der Waals surface area contributed by atoms with Crippen molar-refractivity contribution in [1.82, 2.24) is 5.32 Å². The van der Waals surface area contributed by atoms with Crippen LogP contribution in [0, 0.1) is 0 Å². The largest absolute Gasteiger partial charge is 0.343 e. The quantitative estimate of drug-likeness (QED) is 0.904. The van der Waals surface area contributed by atoms with Crippen molar-refractivity contribution in [2.45, 2.75) is 12.8 Å². The van der Waals surface area contributed by atoms with Crippen molar-refractivity contribution in [3.8, 4) is 0 Å². The summed E-state index contributed by atoms with van der Waals surface area (Å²) >= 11 is 11.8. The van der Waals surface area contributed by atoms with Gasteiger partial charge in [0.15, 0.2) is 0 Å². The number of carbonyl (C=O) groups is 2. The standard InChI is InChI=1S/C18H16Cl2N2O2/c19-13-7-8-14(15(20)10-13)18(24)21-11-17(23)22-9-3-5-12-4-1-2-6-16(12)22/h1-2,4,6-8,10H,3,5,9,11H2,(H,21,24). The van der Waals surface area contributed by atoms with Gasteiger partial charge in [-0.3, -0.25) is 9.59 Å². The number of nitrogens with zero attached hydrogens (tertiary/aromatic N) is 1. The highest BCUT2D eigenvalue weighted by molar-refractivity contribution is 6.36. The number of nitrogens with one attached hydrogen (secondary N) is 1. The van der Waals surface area contributed by atoms with Gasteiger partial charge in [-0.15, -0.1) is 0 Å². The number of hydrogen-bond donors (Lipinski definition) is 1. The van der Waals surface area contributed by atoms with Crippen molar-refractivity contribution >= 4 is 40.7 Å². The second-order valence-corrected chi connectivity index (χ2v) is 6.43. The minimum absolute atomic E-state index is 0.0773. The number of para-hydroxylation sites is 1. The van der Waals surface area contributed by atoms with Crippen molar-refractivity contribution in [2.24, 2.45) is 0 Å². The Kier molecular flexibility index (Phi) is 5.07. The van der Waals surface area contributed by atoms with Gasteiger partial charge in [0, 0.05) is 17.3 Å². The Morgan fingerprint density at radius 2 is 1.92 bits per heavy atom. The van der Waals surface area contributed by atoms with Crippen LogP contribution in [0.15, 0.2) is 42.5 Å². The number of halogens is 2. The molecule has 0 spiro atoms. The van der Waals surface area contributed by atoms with Gasteiger partial charge in [-0.2, -0.15) is 0 Å². The Morgan fingerprint density at radius 1 is 1.12 bits per heavy atom. The van der Waals surface area contributed by atoms with Crippen LogP contribution in [0.3, 0.4) is 0 Å². The average Bonchev–Trinajstić information content (AvgIpc) is 2.59. The maximum Gasteiger partial charge on any atom is 0.253 e. The number of hydrogen-bond acceptors (Lipinski definition) is 2. The van der Waals surface area contributed by atoms with Crippen molar-refractivity contribution in [1.29, 1.82) is 0 Å². The summed E-state index contributed by atoms with van der Waals surface area (Å²) in [5, 5.41) is 3.35. The highest BCUT2D eigenvalue weighted by Crippen LogP contribution is 2.26. The van der Waals surface area contributed by atoms with Crippen LogP contribution in [-0.2, 0) is 11.2 Å². The zero-order chi connectivity index (χ0) is 17.1. The summed E-state index contributed by atoms with van der Waals surface area (Å²) in [6.45, 7) is 0.583. The minimum atomic E-state index is -0.393. The Morgan fingerprint density at radius 3 is 2.71 bits per heavy atom. The number of carbonyl (C=O) groups excluding carboxylic acids is 2. The van der Waals surface area contributed by atoms with E-state index in [4.69, 9.17) is 23.2 Å².